The van der Waals surface area contributed by atoms with Crippen LogP contribution >= 0.6 is 23.2 Å². The van der Waals surface area contributed by atoms with Crippen LogP contribution in [0, 0.1) is 0 Å². The van der Waals surface area contributed by atoms with Crippen LogP contribution in [0.1, 0.15) is 5.56 Å². The zero-order chi connectivity index (χ0) is 15.6. The molecule has 1 aromatic carbocycles. The van der Waals surface area contributed by atoms with Crippen LogP contribution in [0.15, 0.2) is 42.7 Å². The van der Waals surface area contributed by atoms with Gasteiger partial charge in [-0.3, -0.25) is 0 Å². The van der Waals surface area contributed by atoms with Gasteiger partial charge in [0.2, 0.25) is 5.79 Å². The second kappa shape index (κ2) is 6.60. The highest BCUT2D eigenvalue weighted by Crippen LogP contribution is 2.40. The van der Waals surface area contributed by atoms with Crippen LogP contribution in [0.25, 0.3) is 0 Å². The maximum atomic E-state index is 6.38. The molecule has 0 N–H and O–H groups in total. The monoisotopic (exact) mass is 341 g/mol. The maximum absolute atomic E-state index is 6.38. The highest BCUT2D eigenvalue weighted by Gasteiger charge is 2.44. The second-order valence-electron chi connectivity index (χ2n) is 5.24. The van der Waals surface area contributed by atoms with E-state index in [2.05, 4.69) is 0 Å². The normalized spacial score (nSPS) is 24.8. The molecule has 6 heteroatoms. The summed E-state index contributed by atoms with van der Waals surface area (Å²) in [7, 11) is 1.64. The van der Waals surface area contributed by atoms with Crippen molar-refractivity contribution in [2.45, 2.75) is 18.4 Å². The molecule has 118 valence electrons. The zero-order valence-corrected chi connectivity index (χ0v) is 13.7. The van der Waals surface area contributed by atoms with Crippen LogP contribution in [0.3, 0.4) is 0 Å². The lowest BCUT2D eigenvalue weighted by Gasteiger charge is -2.30. The van der Waals surface area contributed by atoms with Gasteiger partial charge in [-0.15, -0.1) is 0 Å². The maximum Gasteiger partial charge on any atom is 0.215 e. The van der Waals surface area contributed by atoms with E-state index < -0.39 is 5.79 Å². The molecule has 0 amide bonds. The molecule has 4 nitrogen and oxygen atoms in total. The Morgan fingerprint density at radius 3 is 2.77 bits per heavy atom. The van der Waals surface area contributed by atoms with E-state index >= 15 is 0 Å². The molecule has 0 radical (unpaired) electrons. The van der Waals surface area contributed by atoms with E-state index in [4.69, 9.17) is 37.4 Å². The van der Waals surface area contributed by atoms with Gasteiger partial charge in [0.1, 0.15) is 6.10 Å². The Morgan fingerprint density at radius 2 is 2.09 bits per heavy atom. The second-order valence-corrected chi connectivity index (χ2v) is 6.08. The van der Waals surface area contributed by atoms with Gasteiger partial charge in [-0.1, -0.05) is 29.3 Å². The summed E-state index contributed by atoms with van der Waals surface area (Å²) in [6.45, 7) is 1.42. The van der Waals surface area contributed by atoms with Crippen molar-refractivity contribution in [1.29, 1.82) is 0 Å². The summed E-state index contributed by atoms with van der Waals surface area (Å²) in [6.07, 6.45) is 3.79. The van der Waals surface area contributed by atoms with Gasteiger partial charge >= 0.3 is 0 Å². The standard InChI is InChI=1S/C16H17Cl2NO3/c1-20-9-13-10-21-16(22-13,11-19-6-2-3-7-19)14-5-4-12(17)8-15(14)18/h2-8,13H,9-11H2,1H3. The molecule has 0 aliphatic carbocycles. The topological polar surface area (TPSA) is 32.6 Å². The van der Waals surface area contributed by atoms with E-state index in [0.29, 0.717) is 29.8 Å². The number of hydrogen-bond donors (Lipinski definition) is 0. The molecule has 22 heavy (non-hydrogen) atoms. The molecule has 2 atom stereocenters. The molecule has 2 heterocycles. The first-order valence-electron chi connectivity index (χ1n) is 7.00. The van der Waals surface area contributed by atoms with Gasteiger partial charge in [0.15, 0.2) is 0 Å². The van der Waals surface area contributed by atoms with Crippen molar-refractivity contribution in [1.82, 2.24) is 4.57 Å². The van der Waals surface area contributed by atoms with Gasteiger partial charge in [0.25, 0.3) is 0 Å². The van der Waals surface area contributed by atoms with Crippen molar-refractivity contribution in [3.8, 4) is 0 Å². The van der Waals surface area contributed by atoms with E-state index in [1.54, 1.807) is 19.2 Å². The van der Waals surface area contributed by atoms with Crippen LogP contribution in [0.2, 0.25) is 10.0 Å². The van der Waals surface area contributed by atoms with E-state index in [1.165, 1.54) is 0 Å². The Labute approximate surface area is 139 Å². The highest BCUT2D eigenvalue weighted by atomic mass is 35.5. The SMILES string of the molecule is COCC1COC(Cn2cccc2)(c2ccc(Cl)cc2Cl)O1. The van der Waals surface area contributed by atoms with Crippen LogP contribution < -0.4 is 0 Å². The molecule has 2 aromatic rings. The molecule has 1 fully saturated rings. The van der Waals surface area contributed by atoms with Gasteiger partial charge in [-0.05, 0) is 24.3 Å². The van der Waals surface area contributed by atoms with Crippen molar-refractivity contribution in [3.05, 3.63) is 58.3 Å². The summed E-state index contributed by atoms with van der Waals surface area (Å²) in [5.41, 5.74) is 0.769. The first-order chi connectivity index (χ1) is 10.6. The smallest absolute Gasteiger partial charge is 0.215 e. The lowest BCUT2D eigenvalue weighted by Crippen LogP contribution is -2.34. The summed E-state index contributed by atoms with van der Waals surface area (Å²) in [5.74, 6) is -0.941. The van der Waals surface area contributed by atoms with Crippen LogP contribution in [-0.4, -0.2) is 31.0 Å². The number of benzene rings is 1. The first kappa shape index (κ1) is 15.8. The Bertz CT molecular complexity index is 632. The number of rotatable bonds is 5. The quantitative estimate of drug-likeness (QED) is 0.830. The molecule has 1 aliphatic heterocycles. The number of halogens is 2. The first-order valence-corrected chi connectivity index (χ1v) is 7.75. The summed E-state index contributed by atoms with van der Waals surface area (Å²) in [4.78, 5) is 0. The number of nitrogens with zero attached hydrogens (tertiary/aromatic N) is 1. The molecule has 0 spiro atoms. The fourth-order valence-electron chi connectivity index (χ4n) is 2.66. The van der Waals surface area contributed by atoms with Crippen LogP contribution in [0.4, 0.5) is 0 Å². The van der Waals surface area contributed by atoms with E-state index in [0.717, 1.165) is 5.56 Å². The zero-order valence-electron chi connectivity index (χ0n) is 12.2. The molecule has 1 saturated heterocycles. The number of aromatic nitrogens is 1. The van der Waals surface area contributed by atoms with E-state index in [9.17, 15) is 0 Å². The number of methoxy groups -OCH3 is 1. The van der Waals surface area contributed by atoms with Crippen LogP contribution in [-0.2, 0) is 26.5 Å². The number of hydrogen-bond acceptors (Lipinski definition) is 3. The van der Waals surface area contributed by atoms with Crippen molar-refractivity contribution in [2.24, 2.45) is 0 Å². The van der Waals surface area contributed by atoms with Crippen molar-refractivity contribution in [3.63, 3.8) is 0 Å². The van der Waals surface area contributed by atoms with Crippen molar-refractivity contribution in [2.75, 3.05) is 20.3 Å². The average Bonchev–Trinajstić information content (AvgIpc) is 3.10. The molecular weight excluding hydrogens is 325 g/mol. The Kier molecular flexibility index (Phi) is 4.76. The minimum absolute atomic E-state index is 0.132. The average molecular weight is 342 g/mol. The summed E-state index contributed by atoms with van der Waals surface area (Å²) >= 11 is 12.4. The Balaban J connectivity index is 1.96. The minimum Gasteiger partial charge on any atom is -0.382 e. The summed E-state index contributed by atoms with van der Waals surface area (Å²) in [6, 6.07) is 9.25. The molecule has 0 bridgehead atoms. The molecule has 1 aromatic heterocycles. The van der Waals surface area contributed by atoms with Gasteiger partial charge in [-0.25, -0.2) is 0 Å². The molecule has 2 unspecified atom stereocenters. The predicted molar refractivity (Wildman–Crippen MR) is 85.3 cm³/mol. The third kappa shape index (κ3) is 3.16. The lowest BCUT2D eigenvalue weighted by atomic mass is 10.1. The third-order valence-electron chi connectivity index (χ3n) is 3.61. The molecule has 0 saturated carbocycles. The highest BCUT2D eigenvalue weighted by molar-refractivity contribution is 6.35. The summed E-state index contributed by atoms with van der Waals surface area (Å²) in [5, 5.41) is 1.11. The fraction of sp³-hybridized carbons (Fsp3) is 0.375. The van der Waals surface area contributed by atoms with Gasteiger partial charge in [0, 0.05) is 30.1 Å². The predicted octanol–water partition coefficient (Wildman–Crippen LogP) is 3.71. The Hall–Kier alpha value is -1.04. The molecule has 1 aliphatic rings. The van der Waals surface area contributed by atoms with Gasteiger partial charge < -0.3 is 18.8 Å². The largest absolute Gasteiger partial charge is 0.382 e. The summed E-state index contributed by atoms with van der Waals surface area (Å²) < 4.78 is 19.4. The minimum atomic E-state index is -0.941. The molecular formula is C16H17Cl2NO3. The molecule has 3 rings (SSSR count). The fourth-order valence-corrected chi connectivity index (χ4v) is 3.21. The van der Waals surface area contributed by atoms with E-state index in [1.807, 2.05) is 35.2 Å². The Morgan fingerprint density at radius 1 is 1.32 bits per heavy atom. The third-order valence-corrected chi connectivity index (χ3v) is 4.16. The van der Waals surface area contributed by atoms with Crippen molar-refractivity contribution < 1.29 is 14.2 Å². The number of ether oxygens (including phenoxy) is 3. The lowest BCUT2D eigenvalue weighted by molar-refractivity contribution is -0.190. The van der Waals surface area contributed by atoms with Gasteiger partial charge in [-0.2, -0.15) is 0 Å². The van der Waals surface area contributed by atoms with Crippen LogP contribution in [0.5, 0.6) is 0 Å². The van der Waals surface area contributed by atoms with Gasteiger partial charge in [0.05, 0.1) is 24.8 Å². The van der Waals surface area contributed by atoms with Crippen molar-refractivity contribution >= 4 is 23.2 Å². The van der Waals surface area contributed by atoms with E-state index in [-0.39, 0.29) is 6.10 Å².